The maximum Gasteiger partial charge on any atom is 0.329 e. The standard InChI is InChI=1S/C29H28N2O6/c32-19-29-15-24(28(35)36-18-20-7-3-1-4-8-20)31(25(29)16-29)26(33)17-30-27(34)21-11-13-23(14-12-21)37-22-9-5-2-6-10-22/h1-14,24-25,32H,15-19H2,(H,30,34)/t24-,25-,29+/m0/s1. The Bertz CT molecular complexity index is 1260. The molecule has 0 bridgehead atoms. The quantitative estimate of drug-likeness (QED) is 0.437. The Morgan fingerprint density at radius 2 is 1.54 bits per heavy atom. The van der Waals surface area contributed by atoms with Crippen molar-refractivity contribution in [3.63, 3.8) is 0 Å². The number of amides is 2. The Kier molecular flexibility index (Phi) is 6.92. The molecule has 2 amide bonds. The molecule has 1 heterocycles. The SMILES string of the molecule is O=C(NCC(=O)N1[C@H]2C[C@@]2(CO)C[C@H]1C(=O)OCc1ccccc1)c1ccc(Oc2ccccc2)cc1. The van der Waals surface area contributed by atoms with Crippen LogP contribution in [0, 0.1) is 5.41 Å². The predicted octanol–water partition coefficient (Wildman–Crippen LogP) is 3.30. The largest absolute Gasteiger partial charge is 0.459 e. The Morgan fingerprint density at radius 1 is 0.892 bits per heavy atom. The van der Waals surface area contributed by atoms with Gasteiger partial charge in [-0.1, -0.05) is 48.5 Å². The minimum Gasteiger partial charge on any atom is -0.459 e. The number of likely N-dealkylation sites (tertiary alicyclic amines) is 1. The van der Waals surface area contributed by atoms with E-state index >= 15 is 0 Å². The average molecular weight is 501 g/mol. The van der Waals surface area contributed by atoms with Gasteiger partial charge in [0.2, 0.25) is 5.91 Å². The van der Waals surface area contributed by atoms with E-state index in [-0.39, 0.29) is 31.7 Å². The summed E-state index contributed by atoms with van der Waals surface area (Å²) in [5.74, 6) is -0.0192. The van der Waals surface area contributed by atoms with Crippen LogP contribution < -0.4 is 10.1 Å². The monoisotopic (exact) mass is 500 g/mol. The fraction of sp³-hybridized carbons (Fsp3) is 0.276. The van der Waals surface area contributed by atoms with Crippen LogP contribution in [-0.2, 0) is 20.9 Å². The summed E-state index contributed by atoms with van der Waals surface area (Å²) in [5.41, 5.74) is 0.760. The number of piperidine rings is 1. The second-order valence-electron chi connectivity index (χ2n) is 9.48. The van der Waals surface area contributed by atoms with E-state index in [1.807, 2.05) is 60.7 Å². The van der Waals surface area contributed by atoms with Gasteiger partial charge in [0.1, 0.15) is 24.1 Å². The molecule has 37 heavy (non-hydrogen) atoms. The smallest absolute Gasteiger partial charge is 0.329 e. The molecule has 8 heteroatoms. The molecule has 1 aliphatic carbocycles. The van der Waals surface area contributed by atoms with Crippen LogP contribution >= 0.6 is 0 Å². The molecule has 0 spiro atoms. The highest BCUT2D eigenvalue weighted by Gasteiger charge is 2.67. The number of carbonyl (C=O) groups excluding carboxylic acids is 3. The maximum absolute atomic E-state index is 13.1. The number of nitrogens with zero attached hydrogens (tertiary/aromatic N) is 1. The third-order valence-electron chi connectivity index (χ3n) is 7.01. The lowest BCUT2D eigenvalue weighted by atomic mass is 10.0. The summed E-state index contributed by atoms with van der Waals surface area (Å²) in [5, 5.41) is 12.5. The second-order valence-corrected chi connectivity index (χ2v) is 9.48. The van der Waals surface area contributed by atoms with Crippen molar-refractivity contribution in [2.75, 3.05) is 13.2 Å². The number of nitrogens with one attached hydrogen (secondary N) is 1. The van der Waals surface area contributed by atoms with Gasteiger partial charge in [0.05, 0.1) is 13.2 Å². The maximum atomic E-state index is 13.1. The first kappa shape index (κ1) is 24.5. The van der Waals surface area contributed by atoms with E-state index in [1.54, 1.807) is 24.3 Å². The van der Waals surface area contributed by atoms with Gasteiger partial charge >= 0.3 is 5.97 Å². The predicted molar refractivity (Wildman–Crippen MR) is 135 cm³/mol. The van der Waals surface area contributed by atoms with E-state index in [2.05, 4.69) is 5.32 Å². The molecule has 3 aromatic rings. The molecule has 1 saturated heterocycles. The molecular formula is C29H28N2O6. The minimum atomic E-state index is -0.784. The number of hydrogen-bond acceptors (Lipinski definition) is 6. The molecule has 2 N–H and O–H groups in total. The van der Waals surface area contributed by atoms with Crippen molar-refractivity contribution in [2.24, 2.45) is 5.41 Å². The summed E-state index contributed by atoms with van der Waals surface area (Å²) >= 11 is 0. The zero-order chi connectivity index (χ0) is 25.8. The van der Waals surface area contributed by atoms with Crippen LogP contribution in [0.2, 0.25) is 0 Å². The summed E-state index contributed by atoms with van der Waals surface area (Å²) < 4.78 is 11.2. The van der Waals surface area contributed by atoms with Crippen molar-refractivity contribution in [3.8, 4) is 11.5 Å². The van der Waals surface area contributed by atoms with Gasteiger partial charge in [-0.2, -0.15) is 0 Å². The number of rotatable bonds is 9. The zero-order valence-electron chi connectivity index (χ0n) is 20.2. The van der Waals surface area contributed by atoms with Crippen LogP contribution in [-0.4, -0.2) is 53.0 Å². The van der Waals surface area contributed by atoms with Crippen molar-refractivity contribution in [3.05, 3.63) is 96.1 Å². The van der Waals surface area contributed by atoms with Crippen LogP contribution in [0.5, 0.6) is 11.5 Å². The van der Waals surface area contributed by atoms with E-state index < -0.39 is 23.3 Å². The number of ether oxygens (including phenoxy) is 2. The molecule has 2 aliphatic rings. The number of aliphatic hydroxyl groups is 1. The number of benzene rings is 3. The van der Waals surface area contributed by atoms with Crippen molar-refractivity contribution in [1.82, 2.24) is 10.2 Å². The van der Waals surface area contributed by atoms with Crippen molar-refractivity contribution in [1.29, 1.82) is 0 Å². The fourth-order valence-corrected chi connectivity index (χ4v) is 4.89. The van der Waals surface area contributed by atoms with Gasteiger partial charge in [0, 0.05) is 17.0 Å². The van der Waals surface area contributed by atoms with Crippen LogP contribution in [0.25, 0.3) is 0 Å². The van der Waals surface area contributed by atoms with Gasteiger partial charge in [-0.05, 0) is 54.8 Å². The van der Waals surface area contributed by atoms with Gasteiger partial charge < -0.3 is 24.8 Å². The topological polar surface area (TPSA) is 105 Å². The lowest BCUT2D eigenvalue weighted by Gasteiger charge is -2.26. The first-order valence-electron chi connectivity index (χ1n) is 12.2. The van der Waals surface area contributed by atoms with Gasteiger partial charge in [0.25, 0.3) is 5.91 Å². The van der Waals surface area contributed by atoms with Crippen LogP contribution in [0.1, 0.15) is 28.8 Å². The Hall–Kier alpha value is -4.17. The average Bonchev–Trinajstić information content (AvgIpc) is 3.55. The van der Waals surface area contributed by atoms with E-state index in [9.17, 15) is 19.5 Å². The minimum absolute atomic E-state index is 0.103. The number of fused-ring (bicyclic) bond motifs is 1. The van der Waals surface area contributed by atoms with Crippen molar-refractivity contribution < 1.29 is 29.0 Å². The molecule has 8 nitrogen and oxygen atoms in total. The Morgan fingerprint density at radius 3 is 2.22 bits per heavy atom. The van der Waals surface area contributed by atoms with Crippen LogP contribution in [0.3, 0.4) is 0 Å². The molecule has 1 saturated carbocycles. The van der Waals surface area contributed by atoms with Crippen molar-refractivity contribution in [2.45, 2.75) is 31.5 Å². The van der Waals surface area contributed by atoms with Gasteiger partial charge in [-0.25, -0.2) is 4.79 Å². The van der Waals surface area contributed by atoms with Crippen LogP contribution in [0.4, 0.5) is 0 Å². The highest BCUT2D eigenvalue weighted by atomic mass is 16.5. The van der Waals surface area contributed by atoms with E-state index in [4.69, 9.17) is 9.47 Å². The summed E-state index contributed by atoms with van der Waals surface area (Å²) in [6.45, 7) is -0.259. The molecular weight excluding hydrogens is 472 g/mol. The molecule has 3 aromatic carbocycles. The summed E-state index contributed by atoms with van der Waals surface area (Å²) in [4.78, 5) is 40.2. The number of esters is 1. The molecule has 2 fully saturated rings. The Balaban J connectivity index is 1.18. The first-order valence-corrected chi connectivity index (χ1v) is 12.2. The summed E-state index contributed by atoms with van der Waals surface area (Å²) in [7, 11) is 0. The molecule has 0 radical (unpaired) electrons. The molecule has 3 atom stereocenters. The number of para-hydroxylation sites is 1. The zero-order valence-corrected chi connectivity index (χ0v) is 20.2. The summed E-state index contributed by atoms with van der Waals surface area (Å²) in [6.07, 6.45) is 0.985. The number of carbonyl (C=O) groups is 3. The first-order chi connectivity index (χ1) is 18.0. The highest BCUT2D eigenvalue weighted by molar-refractivity contribution is 5.97. The van der Waals surface area contributed by atoms with Crippen molar-refractivity contribution >= 4 is 17.8 Å². The molecule has 0 aromatic heterocycles. The summed E-state index contributed by atoms with van der Waals surface area (Å²) in [6, 6.07) is 24.2. The molecule has 1 aliphatic heterocycles. The van der Waals surface area contributed by atoms with Gasteiger partial charge in [0.15, 0.2) is 0 Å². The molecule has 5 rings (SSSR count). The molecule has 0 unspecified atom stereocenters. The Labute approximate surface area is 214 Å². The lowest BCUT2D eigenvalue weighted by Crippen LogP contribution is -2.48. The third-order valence-corrected chi connectivity index (χ3v) is 7.01. The fourth-order valence-electron chi connectivity index (χ4n) is 4.89. The van der Waals surface area contributed by atoms with E-state index in [0.717, 1.165) is 5.56 Å². The number of hydrogen-bond donors (Lipinski definition) is 2. The third kappa shape index (κ3) is 5.34. The highest BCUT2D eigenvalue weighted by Crippen LogP contribution is 2.59. The lowest BCUT2D eigenvalue weighted by molar-refractivity contribution is -0.155. The van der Waals surface area contributed by atoms with Crippen LogP contribution in [0.15, 0.2) is 84.9 Å². The normalized spacial score (nSPS) is 21.6. The molecule has 190 valence electrons. The van der Waals surface area contributed by atoms with E-state index in [1.165, 1.54) is 4.90 Å². The van der Waals surface area contributed by atoms with Gasteiger partial charge in [-0.15, -0.1) is 0 Å². The van der Waals surface area contributed by atoms with Gasteiger partial charge in [-0.3, -0.25) is 9.59 Å². The number of aliphatic hydroxyl groups excluding tert-OH is 1. The second kappa shape index (κ2) is 10.4. The van der Waals surface area contributed by atoms with E-state index in [0.29, 0.717) is 29.9 Å².